The molecule has 3 rings (SSSR count). The second-order valence-electron chi connectivity index (χ2n) is 4.39. The van der Waals surface area contributed by atoms with Gasteiger partial charge in [0.15, 0.2) is 5.65 Å². The molecule has 0 aromatic carbocycles. The molecule has 84 valence electrons. The predicted octanol–water partition coefficient (Wildman–Crippen LogP) is 2.75. The smallest absolute Gasteiger partial charge is 0.155 e. The minimum atomic E-state index is 0.455. The van der Waals surface area contributed by atoms with Gasteiger partial charge in [-0.3, -0.25) is 4.90 Å². The molecule has 0 aliphatic carbocycles. The summed E-state index contributed by atoms with van der Waals surface area (Å²) >= 11 is 6.12. The zero-order valence-corrected chi connectivity index (χ0v) is 9.98. The van der Waals surface area contributed by atoms with E-state index in [-0.39, 0.29) is 0 Å². The molecule has 3 nitrogen and oxygen atoms in total. The van der Waals surface area contributed by atoms with E-state index in [0.717, 1.165) is 22.9 Å². The van der Waals surface area contributed by atoms with Crippen LogP contribution in [0.5, 0.6) is 0 Å². The van der Waals surface area contributed by atoms with Crippen LogP contribution < -0.4 is 0 Å². The highest BCUT2D eigenvalue weighted by molar-refractivity contribution is 6.33. The molecule has 2 aromatic heterocycles. The summed E-state index contributed by atoms with van der Waals surface area (Å²) in [5.41, 5.74) is 1.99. The molecule has 1 fully saturated rings. The van der Waals surface area contributed by atoms with Gasteiger partial charge in [-0.05, 0) is 38.6 Å². The second kappa shape index (κ2) is 3.75. The van der Waals surface area contributed by atoms with Crippen molar-refractivity contribution in [2.75, 3.05) is 13.6 Å². The Hall–Kier alpha value is -1.06. The van der Waals surface area contributed by atoms with Crippen molar-refractivity contribution in [2.45, 2.75) is 18.9 Å². The number of nitrogens with zero attached hydrogens (tertiary/aromatic N) is 3. The third-order valence-electron chi connectivity index (χ3n) is 3.32. The highest BCUT2D eigenvalue weighted by atomic mass is 35.5. The fourth-order valence-corrected chi connectivity index (χ4v) is 2.65. The summed E-state index contributed by atoms with van der Waals surface area (Å²) in [6, 6.07) is 4.28. The van der Waals surface area contributed by atoms with Crippen LogP contribution in [0.15, 0.2) is 24.5 Å². The van der Waals surface area contributed by atoms with Gasteiger partial charge < -0.3 is 4.40 Å². The number of halogens is 1. The number of hydrogen-bond donors (Lipinski definition) is 0. The SMILES string of the molecule is CN1CCCC1c1cn2cccc(Cl)c2n1. The molecule has 0 spiro atoms. The van der Waals surface area contributed by atoms with Gasteiger partial charge in [-0.15, -0.1) is 0 Å². The van der Waals surface area contributed by atoms with E-state index < -0.39 is 0 Å². The van der Waals surface area contributed by atoms with Gasteiger partial charge in [0.1, 0.15) is 0 Å². The maximum atomic E-state index is 6.12. The van der Waals surface area contributed by atoms with Gasteiger partial charge in [-0.1, -0.05) is 11.6 Å². The van der Waals surface area contributed by atoms with Gasteiger partial charge in [-0.2, -0.15) is 0 Å². The van der Waals surface area contributed by atoms with Gasteiger partial charge in [0.2, 0.25) is 0 Å². The van der Waals surface area contributed by atoms with Crippen molar-refractivity contribution in [1.82, 2.24) is 14.3 Å². The molecular formula is C12H14ClN3. The van der Waals surface area contributed by atoms with Crippen molar-refractivity contribution in [3.05, 3.63) is 35.2 Å². The van der Waals surface area contributed by atoms with Crippen LogP contribution in [-0.2, 0) is 0 Å². The van der Waals surface area contributed by atoms with E-state index >= 15 is 0 Å². The van der Waals surface area contributed by atoms with E-state index in [1.165, 1.54) is 12.8 Å². The number of imidazole rings is 1. The van der Waals surface area contributed by atoms with E-state index in [2.05, 4.69) is 23.1 Å². The highest BCUT2D eigenvalue weighted by Gasteiger charge is 2.24. The van der Waals surface area contributed by atoms with Crippen LogP contribution >= 0.6 is 11.6 Å². The van der Waals surface area contributed by atoms with Crippen LogP contribution in [0.25, 0.3) is 5.65 Å². The first-order valence-electron chi connectivity index (χ1n) is 5.59. The lowest BCUT2D eigenvalue weighted by Gasteiger charge is -2.16. The van der Waals surface area contributed by atoms with Crippen LogP contribution in [-0.4, -0.2) is 27.9 Å². The normalized spacial score (nSPS) is 22.0. The summed E-state index contributed by atoms with van der Waals surface area (Å²) < 4.78 is 2.00. The number of pyridine rings is 1. The zero-order chi connectivity index (χ0) is 11.1. The largest absolute Gasteiger partial charge is 0.306 e. The van der Waals surface area contributed by atoms with Crippen LogP contribution in [0.1, 0.15) is 24.6 Å². The summed E-state index contributed by atoms with van der Waals surface area (Å²) in [7, 11) is 2.16. The average Bonchev–Trinajstić information content (AvgIpc) is 2.84. The molecule has 3 heterocycles. The summed E-state index contributed by atoms with van der Waals surface area (Å²) in [4.78, 5) is 6.99. The Morgan fingerprint density at radius 3 is 3.06 bits per heavy atom. The summed E-state index contributed by atoms with van der Waals surface area (Å²) in [5.74, 6) is 0. The Balaban J connectivity index is 2.08. The quantitative estimate of drug-likeness (QED) is 0.758. The first-order valence-corrected chi connectivity index (χ1v) is 5.97. The second-order valence-corrected chi connectivity index (χ2v) is 4.80. The molecule has 0 saturated carbocycles. The van der Waals surface area contributed by atoms with Crippen LogP contribution in [0, 0.1) is 0 Å². The number of rotatable bonds is 1. The molecule has 1 atom stereocenters. The molecule has 0 radical (unpaired) electrons. The van der Waals surface area contributed by atoms with Gasteiger partial charge in [0.05, 0.1) is 16.8 Å². The fourth-order valence-electron chi connectivity index (χ4n) is 2.44. The minimum Gasteiger partial charge on any atom is -0.306 e. The van der Waals surface area contributed by atoms with E-state index in [4.69, 9.17) is 11.6 Å². The Labute approximate surface area is 99.7 Å². The third kappa shape index (κ3) is 1.51. The molecular weight excluding hydrogens is 222 g/mol. The molecule has 16 heavy (non-hydrogen) atoms. The number of aromatic nitrogens is 2. The molecule has 1 unspecified atom stereocenters. The maximum Gasteiger partial charge on any atom is 0.155 e. The molecule has 0 bridgehead atoms. The average molecular weight is 236 g/mol. The van der Waals surface area contributed by atoms with Crippen molar-refractivity contribution in [3.63, 3.8) is 0 Å². The fraction of sp³-hybridized carbons (Fsp3) is 0.417. The Bertz CT molecular complexity index is 520. The van der Waals surface area contributed by atoms with E-state index in [1.54, 1.807) is 0 Å². The van der Waals surface area contributed by atoms with Gasteiger partial charge in [0, 0.05) is 12.4 Å². The summed E-state index contributed by atoms with van der Waals surface area (Å²) in [6.45, 7) is 1.16. The van der Waals surface area contributed by atoms with E-state index in [0.29, 0.717) is 6.04 Å². The van der Waals surface area contributed by atoms with E-state index in [1.807, 2.05) is 22.7 Å². The summed E-state index contributed by atoms with van der Waals surface area (Å²) in [5, 5.41) is 0.717. The maximum absolute atomic E-state index is 6.12. The van der Waals surface area contributed by atoms with Crippen LogP contribution in [0.2, 0.25) is 5.02 Å². The number of hydrogen-bond acceptors (Lipinski definition) is 2. The standard InChI is InChI=1S/C12H14ClN3/c1-15-6-3-5-11(15)10-8-16-7-2-4-9(13)12(16)14-10/h2,4,7-8,11H,3,5-6H2,1H3. The van der Waals surface area contributed by atoms with Gasteiger partial charge >= 0.3 is 0 Å². The molecule has 1 aliphatic rings. The highest BCUT2D eigenvalue weighted by Crippen LogP contribution is 2.30. The van der Waals surface area contributed by atoms with Crippen molar-refractivity contribution < 1.29 is 0 Å². The number of fused-ring (bicyclic) bond motifs is 1. The topological polar surface area (TPSA) is 20.5 Å². The molecule has 0 N–H and O–H groups in total. The lowest BCUT2D eigenvalue weighted by Crippen LogP contribution is -2.17. The minimum absolute atomic E-state index is 0.455. The molecule has 2 aromatic rings. The lowest BCUT2D eigenvalue weighted by molar-refractivity contribution is 0.313. The monoisotopic (exact) mass is 235 g/mol. The first kappa shape index (κ1) is 10.1. The van der Waals surface area contributed by atoms with E-state index in [9.17, 15) is 0 Å². The van der Waals surface area contributed by atoms with Crippen molar-refractivity contribution in [2.24, 2.45) is 0 Å². The Morgan fingerprint density at radius 1 is 1.50 bits per heavy atom. The number of likely N-dealkylation sites (tertiary alicyclic amines) is 1. The first-order chi connectivity index (χ1) is 7.75. The van der Waals surface area contributed by atoms with Crippen molar-refractivity contribution in [3.8, 4) is 0 Å². The van der Waals surface area contributed by atoms with Gasteiger partial charge in [0.25, 0.3) is 0 Å². The van der Waals surface area contributed by atoms with Gasteiger partial charge in [-0.25, -0.2) is 4.98 Å². The zero-order valence-electron chi connectivity index (χ0n) is 9.23. The van der Waals surface area contributed by atoms with Crippen LogP contribution in [0.3, 0.4) is 0 Å². The summed E-state index contributed by atoms with van der Waals surface area (Å²) in [6.07, 6.45) is 6.53. The molecule has 1 aliphatic heterocycles. The third-order valence-corrected chi connectivity index (χ3v) is 3.61. The Kier molecular flexibility index (Phi) is 2.37. The predicted molar refractivity (Wildman–Crippen MR) is 64.8 cm³/mol. The molecule has 1 saturated heterocycles. The molecule has 0 amide bonds. The van der Waals surface area contributed by atoms with Crippen LogP contribution in [0.4, 0.5) is 0 Å². The van der Waals surface area contributed by atoms with Crippen molar-refractivity contribution >= 4 is 17.2 Å². The van der Waals surface area contributed by atoms with Crippen molar-refractivity contribution in [1.29, 1.82) is 0 Å². The Morgan fingerprint density at radius 2 is 2.38 bits per heavy atom. The molecule has 4 heteroatoms. The lowest BCUT2D eigenvalue weighted by atomic mass is 10.2.